The fourth-order valence-corrected chi connectivity index (χ4v) is 4.89. The molecule has 35 heavy (non-hydrogen) atoms. The number of carbonyl (C=O) groups is 2. The SMILES string of the molecule is CC(C)[C@@H](NC(=O)c1ccc(Cl)cc1Cl)c1nnc(SCC(=O)Nc2cc(Cl)c(Cl)cc2Cl)n1C. The Morgan fingerprint density at radius 2 is 1.66 bits per heavy atom. The third kappa shape index (κ3) is 6.96. The van der Waals surface area contributed by atoms with E-state index in [4.69, 9.17) is 58.0 Å². The van der Waals surface area contributed by atoms with Crippen LogP contribution in [0.15, 0.2) is 35.5 Å². The van der Waals surface area contributed by atoms with E-state index in [2.05, 4.69) is 20.8 Å². The molecule has 1 heterocycles. The van der Waals surface area contributed by atoms with Crippen molar-refractivity contribution in [1.29, 1.82) is 0 Å². The molecule has 0 spiro atoms. The van der Waals surface area contributed by atoms with Gasteiger partial charge in [-0.25, -0.2) is 0 Å². The molecular weight excluding hydrogens is 576 g/mol. The summed E-state index contributed by atoms with van der Waals surface area (Å²) in [6, 6.07) is 7.16. The van der Waals surface area contributed by atoms with E-state index in [9.17, 15) is 9.59 Å². The largest absolute Gasteiger partial charge is 0.342 e. The molecule has 0 bridgehead atoms. The number of anilines is 1. The van der Waals surface area contributed by atoms with Crippen molar-refractivity contribution in [1.82, 2.24) is 20.1 Å². The van der Waals surface area contributed by atoms with Crippen LogP contribution in [-0.2, 0) is 11.8 Å². The van der Waals surface area contributed by atoms with Gasteiger partial charge in [0.15, 0.2) is 11.0 Å². The number of nitrogens with one attached hydrogen (secondary N) is 2. The minimum Gasteiger partial charge on any atom is -0.342 e. The lowest BCUT2D eigenvalue weighted by atomic mass is 10.0. The second-order valence-electron chi connectivity index (χ2n) is 7.80. The summed E-state index contributed by atoms with van der Waals surface area (Å²) in [5, 5.41) is 16.1. The van der Waals surface area contributed by atoms with E-state index in [1.54, 1.807) is 23.7 Å². The van der Waals surface area contributed by atoms with Gasteiger partial charge in [0.2, 0.25) is 5.91 Å². The lowest BCUT2D eigenvalue weighted by Gasteiger charge is -2.22. The van der Waals surface area contributed by atoms with Crippen molar-refractivity contribution in [3.63, 3.8) is 0 Å². The first-order valence-corrected chi connectivity index (χ1v) is 13.1. The Kier molecular flexibility index (Phi) is 9.60. The van der Waals surface area contributed by atoms with Crippen LogP contribution in [-0.4, -0.2) is 32.3 Å². The molecule has 2 aromatic carbocycles. The molecule has 0 aliphatic heterocycles. The number of aromatic nitrogens is 3. The first-order chi connectivity index (χ1) is 16.5. The van der Waals surface area contributed by atoms with Crippen LogP contribution in [0.4, 0.5) is 5.69 Å². The predicted octanol–water partition coefficient (Wildman–Crippen LogP) is 6.94. The zero-order valence-corrected chi connectivity index (χ0v) is 23.3. The van der Waals surface area contributed by atoms with Crippen LogP contribution in [0.3, 0.4) is 0 Å². The van der Waals surface area contributed by atoms with Gasteiger partial charge in [0.1, 0.15) is 0 Å². The molecular formula is C22H20Cl5N5O2S. The first-order valence-electron chi connectivity index (χ1n) is 10.2. The Hall–Kier alpha value is -1.68. The van der Waals surface area contributed by atoms with Crippen molar-refractivity contribution in [3.8, 4) is 0 Å². The van der Waals surface area contributed by atoms with Gasteiger partial charge in [0.25, 0.3) is 5.91 Å². The monoisotopic (exact) mass is 593 g/mol. The van der Waals surface area contributed by atoms with Crippen LogP contribution in [0, 0.1) is 5.92 Å². The first kappa shape index (κ1) is 27.9. The van der Waals surface area contributed by atoms with Crippen molar-refractivity contribution in [2.45, 2.75) is 25.0 Å². The molecule has 0 radical (unpaired) electrons. The minimum atomic E-state index is -0.454. The molecule has 0 saturated carbocycles. The summed E-state index contributed by atoms with van der Waals surface area (Å²) in [6.07, 6.45) is 0. The Balaban J connectivity index is 1.69. The van der Waals surface area contributed by atoms with E-state index in [1.165, 1.54) is 30.0 Å². The second kappa shape index (κ2) is 12.0. The van der Waals surface area contributed by atoms with Gasteiger partial charge < -0.3 is 15.2 Å². The zero-order valence-electron chi connectivity index (χ0n) is 18.7. The molecule has 2 N–H and O–H groups in total. The number of rotatable bonds is 8. The normalized spacial score (nSPS) is 12.0. The highest BCUT2D eigenvalue weighted by atomic mass is 35.5. The minimum absolute atomic E-state index is 0.00845. The van der Waals surface area contributed by atoms with Gasteiger partial charge in [-0.1, -0.05) is 83.6 Å². The summed E-state index contributed by atoms with van der Waals surface area (Å²) in [5.74, 6) is -0.104. The molecule has 0 saturated heterocycles. The highest BCUT2D eigenvalue weighted by molar-refractivity contribution is 7.99. The van der Waals surface area contributed by atoms with Crippen molar-refractivity contribution in [2.75, 3.05) is 11.1 Å². The van der Waals surface area contributed by atoms with Gasteiger partial charge in [0, 0.05) is 12.1 Å². The molecule has 2 amide bonds. The molecule has 0 unspecified atom stereocenters. The third-order valence-corrected chi connectivity index (χ3v) is 7.50. The van der Waals surface area contributed by atoms with Crippen LogP contribution < -0.4 is 10.6 Å². The second-order valence-corrected chi connectivity index (χ2v) is 10.8. The van der Waals surface area contributed by atoms with Gasteiger partial charge in [0.05, 0.1) is 43.1 Å². The lowest BCUT2D eigenvalue weighted by Crippen LogP contribution is -2.33. The van der Waals surface area contributed by atoms with Crippen molar-refractivity contribution in [3.05, 3.63) is 66.8 Å². The van der Waals surface area contributed by atoms with Gasteiger partial charge in [-0.3, -0.25) is 9.59 Å². The number of nitrogens with zero attached hydrogens (tertiary/aromatic N) is 3. The lowest BCUT2D eigenvalue weighted by molar-refractivity contribution is -0.113. The summed E-state index contributed by atoms with van der Waals surface area (Å²) in [4.78, 5) is 25.3. The number of hydrogen-bond acceptors (Lipinski definition) is 5. The number of amides is 2. The van der Waals surface area contributed by atoms with E-state index in [0.717, 1.165) is 0 Å². The van der Waals surface area contributed by atoms with Crippen molar-refractivity contribution < 1.29 is 9.59 Å². The molecule has 0 fully saturated rings. The maximum Gasteiger partial charge on any atom is 0.253 e. The number of benzene rings is 2. The Bertz CT molecular complexity index is 1270. The standard InChI is InChI=1S/C22H20Cl5N5O2S/c1-10(2)19(29-21(34)12-5-4-11(23)6-13(12)24)20-30-31-22(32(20)3)35-9-18(33)28-17-8-15(26)14(25)7-16(17)27/h4-8,10,19H,9H2,1-3H3,(H,28,33)(H,29,34)/t19-/m1/s1. The highest BCUT2D eigenvalue weighted by Gasteiger charge is 2.26. The van der Waals surface area contributed by atoms with E-state index >= 15 is 0 Å². The molecule has 3 rings (SSSR count). The summed E-state index contributed by atoms with van der Waals surface area (Å²) in [5.41, 5.74) is 0.657. The van der Waals surface area contributed by atoms with Gasteiger partial charge in [-0.05, 0) is 36.2 Å². The van der Waals surface area contributed by atoms with Crippen molar-refractivity contribution >= 4 is 87.3 Å². The predicted molar refractivity (Wildman–Crippen MR) is 143 cm³/mol. The van der Waals surface area contributed by atoms with E-state index in [-0.39, 0.29) is 38.6 Å². The molecule has 1 atom stereocenters. The van der Waals surface area contributed by atoms with Crippen LogP contribution >= 0.6 is 69.8 Å². The number of hydrogen-bond donors (Lipinski definition) is 2. The van der Waals surface area contributed by atoms with Gasteiger partial charge >= 0.3 is 0 Å². The zero-order chi connectivity index (χ0) is 25.9. The van der Waals surface area contributed by atoms with Gasteiger partial charge in [-0.2, -0.15) is 0 Å². The molecule has 3 aromatic rings. The maximum absolute atomic E-state index is 12.9. The molecule has 0 aliphatic carbocycles. The van der Waals surface area contributed by atoms with Crippen LogP contribution in [0.5, 0.6) is 0 Å². The average molecular weight is 596 g/mol. The molecule has 7 nitrogen and oxygen atoms in total. The smallest absolute Gasteiger partial charge is 0.253 e. The topological polar surface area (TPSA) is 88.9 Å². The van der Waals surface area contributed by atoms with E-state index in [0.29, 0.717) is 32.3 Å². The summed E-state index contributed by atoms with van der Waals surface area (Å²) < 4.78 is 1.73. The third-order valence-electron chi connectivity index (χ3n) is 4.89. The average Bonchev–Trinajstić information content (AvgIpc) is 3.14. The number of carbonyl (C=O) groups excluding carboxylic acids is 2. The summed E-state index contributed by atoms with van der Waals surface area (Å²) >= 11 is 31.3. The van der Waals surface area contributed by atoms with Crippen LogP contribution in [0.25, 0.3) is 0 Å². The summed E-state index contributed by atoms with van der Waals surface area (Å²) in [7, 11) is 1.77. The van der Waals surface area contributed by atoms with E-state index in [1.807, 2.05) is 13.8 Å². The fourth-order valence-electron chi connectivity index (χ4n) is 3.08. The Morgan fingerprint density at radius 3 is 2.31 bits per heavy atom. The van der Waals surface area contributed by atoms with Crippen LogP contribution in [0.2, 0.25) is 25.1 Å². The number of thioether (sulfide) groups is 1. The molecule has 13 heteroatoms. The van der Waals surface area contributed by atoms with Crippen LogP contribution in [0.1, 0.15) is 36.1 Å². The van der Waals surface area contributed by atoms with E-state index < -0.39 is 6.04 Å². The molecule has 0 aliphatic rings. The summed E-state index contributed by atoms with van der Waals surface area (Å²) in [6.45, 7) is 3.90. The number of halogens is 5. The molecule has 1 aromatic heterocycles. The Morgan fingerprint density at radius 1 is 0.971 bits per heavy atom. The Labute approximate surface area is 231 Å². The fraction of sp³-hybridized carbons (Fsp3) is 0.273. The maximum atomic E-state index is 12.9. The quantitative estimate of drug-likeness (QED) is 0.218. The van der Waals surface area contributed by atoms with Gasteiger partial charge in [-0.15, -0.1) is 10.2 Å². The molecule has 186 valence electrons. The highest BCUT2D eigenvalue weighted by Crippen LogP contribution is 2.32. The van der Waals surface area contributed by atoms with Crippen molar-refractivity contribution in [2.24, 2.45) is 13.0 Å².